The maximum atomic E-state index is 10.7. The molecule has 2 N–H and O–H groups in total. The second-order valence-corrected chi connectivity index (χ2v) is 6.57. The van der Waals surface area contributed by atoms with E-state index in [1.54, 1.807) is 19.2 Å². The molecule has 0 saturated heterocycles. The monoisotopic (exact) mass is 414 g/mol. The number of nitrogens with zero attached hydrogens (tertiary/aromatic N) is 2. The van der Waals surface area contributed by atoms with Crippen molar-refractivity contribution >= 4 is 11.6 Å². The van der Waals surface area contributed by atoms with Gasteiger partial charge >= 0.3 is 0 Å². The summed E-state index contributed by atoms with van der Waals surface area (Å²) in [7, 11) is 1.64. The molecule has 8 nitrogen and oxygen atoms in total. The minimum absolute atomic E-state index is 0.0822. The van der Waals surface area contributed by atoms with Crippen molar-refractivity contribution in [2.24, 2.45) is 4.99 Å². The fraction of sp³-hybridized carbons (Fsp3) is 0.409. The molecule has 2 rings (SSSR count). The summed E-state index contributed by atoms with van der Waals surface area (Å²) >= 11 is 0. The molecular formula is C22H30N4O4. The van der Waals surface area contributed by atoms with Crippen molar-refractivity contribution in [3.05, 3.63) is 63.7 Å². The van der Waals surface area contributed by atoms with Crippen molar-refractivity contribution in [3.8, 4) is 11.5 Å². The molecule has 0 aromatic heterocycles. The van der Waals surface area contributed by atoms with Crippen LogP contribution in [0.2, 0.25) is 0 Å². The summed E-state index contributed by atoms with van der Waals surface area (Å²) in [5, 5.41) is 17.3. The average molecular weight is 415 g/mol. The second kappa shape index (κ2) is 12.3. The SMILES string of the molecule is CCNC(=NCc1ccc([N+](=O)[O-])cc1)NCCCc1ccc(OC)c(OCC)c1. The standard InChI is InChI=1S/C22H30N4O4/c1-4-23-22(25-16-18-8-11-19(12-9-18)26(27)28)24-14-6-7-17-10-13-20(29-3)21(15-17)30-5-2/h8-13,15H,4-7,14,16H2,1-3H3,(H2,23,24,25). The summed E-state index contributed by atoms with van der Waals surface area (Å²) in [5.74, 6) is 2.23. The summed E-state index contributed by atoms with van der Waals surface area (Å²) in [6, 6.07) is 12.5. The normalized spacial score (nSPS) is 11.1. The van der Waals surface area contributed by atoms with Gasteiger partial charge in [0.1, 0.15) is 0 Å². The van der Waals surface area contributed by atoms with Crippen LogP contribution in [-0.2, 0) is 13.0 Å². The van der Waals surface area contributed by atoms with Gasteiger partial charge in [-0.2, -0.15) is 0 Å². The van der Waals surface area contributed by atoms with Crippen LogP contribution in [0.25, 0.3) is 0 Å². The molecular weight excluding hydrogens is 384 g/mol. The van der Waals surface area contributed by atoms with Gasteiger partial charge in [0.2, 0.25) is 0 Å². The summed E-state index contributed by atoms with van der Waals surface area (Å²) in [4.78, 5) is 14.9. The number of aryl methyl sites for hydroxylation is 1. The van der Waals surface area contributed by atoms with Crippen LogP contribution in [-0.4, -0.2) is 37.7 Å². The lowest BCUT2D eigenvalue weighted by Gasteiger charge is -2.13. The molecule has 0 radical (unpaired) electrons. The Labute approximate surface area is 177 Å². The third kappa shape index (κ3) is 7.27. The van der Waals surface area contributed by atoms with Gasteiger partial charge in [0.15, 0.2) is 17.5 Å². The predicted octanol–water partition coefficient (Wildman–Crippen LogP) is 3.69. The Morgan fingerprint density at radius 3 is 2.43 bits per heavy atom. The molecule has 0 unspecified atom stereocenters. The lowest BCUT2D eigenvalue weighted by molar-refractivity contribution is -0.384. The zero-order chi connectivity index (χ0) is 21.8. The molecule has 0 fully saturated rings. The van der Waals surface area contributed by atoms with Crippen LogP contribution in [0.1, 0.15) is 31.4 Å². The predicted molar refractivity (Wildman–Crippen MR) is 118 cm³/mol. The summed E-state index contributed by atoms with van der Waals surface area (Å²) in [6.07, 6.45) is 1.83. The number of aliphatic imine (C=N–C) groups is 1. The number of guanidine groups is 1. The van der Waals surface area contributed by atoms with Crippen LogP contribution in [0.15, 0.2) is 47.5 Å². The van der Waals surface area contributed by atoms with Crippen LogP contribution >= 0.6 is 0 Å². The van der Waals surface area contributed by atoms with Crippen LogP contribution < -0.4 is 20.1 Å². The van der Waals surface area contributed by atoms with E-state index >= 15 is 0 Å². The average Bonchev–Trinajstić information content (AvgIpc) is 2.75. The Kier molecular flexibility index (Phi) is 9.44. The van der Waals surface area contributed by atoms with Gasteiger partial charge in [0, 0.05) is 25.2 Å². The first-order valence-corrected chi connectivity index (χ1v) is 10.1. The number of rotatable bonds is 11. The van der Waals surface area contributed by atoms with Crippen molar-refractivity contribution in [1.82, 2.24) is 10.6 Å². The van der Waals surface area contributed by atoms with Crippen molar-refractivity contribution in [3.63, 3.8) is 0 Å². The first-order valence-electron chi connectivity index (χ1n) is 10.1. The zero-order valence-electron chi connectivity index (χ0n) is 17.8. The fourth-order valence-corrected chi connectivity index (χ4v) is 2.88. The Morgan fingerprint density at radius 2 is 1.80 bits per heavy atom. The first kappa shape index (κ1) is 23.0. The van der Waals surface area contributed by atoms with Crippen LogP contribution in [0.4, 0.5) is 5.69 Å². The van der Waals surface area contributed by atoms with Gasteiger partial charge in [-0.05, 0) is 49.9 Å². The summed E-state index contributed by atoms with van der Waals surface area (Å²) in [5.41, 5.74) is 2.19. The van der Waals surface area contributed by atoms with Gasteiger partial charge in [-0.3, -0.25) is 10.1 Å². The number of ether oxygens (including phenoxy) is 2. The van der Waals surface area contributed by atoms with E-state index in [4.69, 9.17) is 9.47 Å². The van der Waals surface area contributed by atoms with Gasteiger partial charge < -0.3 is 20.1 Å². The molecule has 2 aromatic rings. The highest BCUT2D eigenvalue weighted by molar-refractivity contribution is 5.79. The lowest BCUT2D eigenvalue weighted by atomic mass is 10.1. The highest BCUT2D eigenvalue weighted by Gasteiger charge is 2.06. The summed E-state index contributed by atoms with van der Waals surface area (Å²) < 4.78 is 11.0. The Hall–Kier alpha value is -3.29. The van der Waals surface area contributed by atoms with Crippen molar-refractivity contribution in [1.29, 1.82) is 0 Å². The third-order valence-electron chi connectivity index (χ3n) is 4.37. The maximum absolute atomic E-state index is 10.7. The smallest absolute Gasteiger partial charge is 0.269 e. The van der Waals surface area contributed by atoms with Gasteiger partial charge in [0.25, 0.3) is 5.69 Å². The van der Waals surface area contributed by atoms with Gasteiger partial charge in [-0.15, -0.1) is 0 Å². The molecule has 0 aliphatic rings. The van der Waals surface area contributed by atoms with E-state index in [1.165, 1.54) is 17.7 Å². The van der Waals surface area contributed by atoms with Crippen molar-refractivity contribution in [2.45, 2.75) is 33.2 Å². The minimum Gasteiger partial charge on any atom is -0.493 e. The molecule has 162 valence electrons. The van der Waals surface area contributed by atoms with Crippen LogP contribution in [0.5, 0.6) is 11.5 Å². The third-order valence-corrected chi connectivity index (χ3v) is 4.37. The minimum atomic E-state index is -0.404. The molecule has 0 bridgehead atoms. The number of hydrogen-bond donors (Lipinski definition) is 2. The highest BCUT2D eigenvalue weighted by atomic mass is 16.6. The van der Waals surface area contributed by atoms with E-state index < -0.39 is 4.92 Å². The Morgan fingerprint density at radius 1 is 1.07 bits per heavy atom. The van der Waals surface area contributed by atoms with E-state index in [1.807, 2.05) is 26.0 Å². The van der Waals surface area contributed by atoms with Crippen molar-refractivity contribution < 1.29 is 14.4 Å². The number of nitro benzene ring substituents is 1. The molecule has 2 aromatic carbocycles. The maximum Gasteiger partial charge on any atom is 0.269 e. The number of nitrogens with one attached hydrogen (secondary N) is 2. The molecule has 0 aliphatic carbocycles. The van der Waals surface area contributed by atoms with E-state index in [0.717, 1.165) is 49.0 Å². The molecule has 0 atom stereocenters. The number of hydrogen-bond acceptors (Lipinski definition) is 5. The molecule has 0 amide bonds. The fourth-order valence-electron chi connectivity index (χ4n) is 2.88. The molecule has 8 heteroatoms. The van der Waals surface area contributed by atoms with E-state index in [2.05, 4.69) is 21.7 Å². The topological polar surface area (TPSA) is 98.0 Å². The molecule has 0 saturated carbocycles. The molecule has 0 spiro atoms. The molecule has 0 aliphatic heterocycles. The summed E-state index contributed by atoms with van der Waals surface area (Å²) in [6.45, 7) is 6.52. The second-order valence-electron chi connectivity index (χ2n) is 6.57. The van der Waals surface area contributed by atoms with Crippen LogP contribution in [0.3, 0.4) is 0 Å². The van der Waals surface area contributed by atoms with E-state index in [9.17, 15) is 10.1 Å². The van der Waals surface area contributed by atoms with Gasteiger partial charge in [-0.1, -0.05) is 18.2 Å². The van der Waals surface area contributed by atoms with Crippen LogP contribution in [0, 0.1) is 10.1 Å². The number of nitro groups is 1. The molecule has 30 heavy (non-hydrogen) atoms. The molecule has 0 heterocycles. The number of methoxy groups -OCH3 is 1. The van der Waals surface area contributed by atoms with E-state index in [-0.39, 0.29) is 5.69 Å². The van der Waals surface area contributed by atoms with Crippen molar-refractivity contribution in [2.75, 3.05) is 26.8 Å². The highest BCUT2D eigenvalue weighted by Crippen LogP contribution is 2.28. The Bertz CT molecular complexity index is 838. The van der Waals surface area contributed by atoms with E-state index in [0.29, 0.717) is 13.2 Å². The number of non-ortho nitro benzene ring substituents is 1. The first-order chi connectivity index (χ1) is 14.6. The lowest BCUT2D eigenvalue weighted by Crippen LogP contribution is -2.37. The van der Waals surface area contributed by atoms with Gasteiger partial charge in [0.05, 0.1) is 25.2 Å². The largest absolute Gasteiger partial charge is 0.493 e. The Balaban J connectivity index is 1.86. The quantitative estimate of drug-likeness (QED) is 0.191. The number of benzene rings is 2. The van der Waals surface area contributed by atoms with Gasteiger partial charge in [-0.25, -0.2) is 4.99 Å². The zero-order valence-corrected chi connectivity index (χ0v) is 17.8.